The second-order valence-corrected chi connectivity index (χ2v) is 3.46. The minimum absolute atomic E-state index is 0.0460. The van der Waals surface area contributed by atoms with Crippen molar-refractivity contribution in [2.45, 2.75) is 26.5 Å². The molecule has 0 aliphatic heterocycles. The van der Waals surface area contributed by atoms with Crippen LogP contribution in [0.5, 0.6) is 0 Å². The van der Waals surface area contributed by atoms with Crippen molar-refractivity contribution in [2.24, 2.45) is 0 Å². The first-order chi connectivity index (χ1) is 7.10. The summed E-state index contributed by atoms with van der Waals surface area (Å²) in [5, 5.41) is 8.73. The topological polar surface area (TPSA) is 55.0 Å². The van der Waals surface area contributed by atoms with Gasteiger partial charge >= 0.3 is 0 Å². The molecule has 0 aliphatic rings. The molecule has 0 saturated carbocycles. The molecule has 0 N–H and O–H groups in total. The number of aryl methyl sites for hydroxylation is 1. The van der Waals surface area contributed by atoms with Crippen molar-refractivity contribution in [3.05, 3.63) is 33.7 Å². The normalized spacial score (nSPS) is 12.1. The Bertz CT molecular complexity index is 443. The van der Waals surface area contributed by atoms with Gasteiger partial charge in [-0.2, -0.15) is 5.26 Å². The lowest BCUT2D eigenvalue weighted by Gasteiger charge is -2.14. The summed E-state index contributed by atoms with van der Waals surface area (Å²) in [5.41, 5.74) is 0.758. The van der Waals surface area contributed by atoms with E-state index in [0.29, 0.717) is 6.54 Å². The van der Waals surface area contributed by atoms with E-state index >= 15 is 0 Å². The Labute approximate surface area is 88.7 Å². The third-order valence-electron chi connectivity index (χ3n) is 2.36. The van der Waals surface area contributed by atoms with Gasteiger partial charge in [0.05, 0.1) is 12.6 Å². The highest BCUT2D eigenvalue weighted by molar-refractivity contribution is 5.27. The van der Waals surface area contributed by atoms with Crippen molar-refractivity contribution < 1.29 is 4.74 Å². The molecule has 80 valence electrons. The van der Waals surface area contributed by atoms with E-state index in [1.807, 2.05) is 19.9 Å². The Hall–Kier alpha value is -1.60. The van der Waals surface area contributed by atoms with Crippen molar-refractivity contribution in [3.8, 4) is 6.07 Å². The van der Waals surface area contributed by atoms with Crippen molar-refractivity contribution in [3.63, 3.8) is 0 Å². The van der Waals surface area contributed by atoms with Gasteiger partial charge in [0.2, 0.25) is 0 Å². The summed E-state index contributed by atoms with van der Waals surface area (Å²) in [4.78, 5) is 11.8. The Morgan fingerprint density at radius 1 is 1.60 bits per heavy atom. The van der Waals surface area contributed by atoms with Gasteiger partial charge in [-0.05, 0) is 26.0 Å². The fourth-order valence-corrected chi connectivity index (χ4v) is 1.31. The van der Waals surface area contributed by atoms with E-state index in [4.69, 9.17) is 10.00 Å². The van der Waals surface area contributed by atoms with Crippen molar-refractivity contribution >= 4 is 0 Å². The third-order valence-corrected chi connectivity index (χ3v) is 2.36. The minimum Gasteiger partial charge on any atom is -0.380 e. The summed E-state index contributed by atoms with van der Waals surface area (Å²) in [7, 11) is 1.60. The van der Waals surface area contributed by atoms with E-state index in [1.165, 1.54) is 0 Å². The second-order valence-electron chi connectivity index (χ2n) is 3.46. The van der Waals surface area contributed by atoms with E-state index < -0.39 is 0 Å². The number of nitrogens with zero attached hydrogens (tertiary/aromatic N) is 2. The highest BCUT2D eigenvalue weighted by Crippen LogP contribution is 2.00. The zero-order valence-electron chi connectivity index (χ0n) is 9.15. The highest BCUT2D eigenvalue weighted by Gasteiger charge is 2.08. The minimum atomic E-state index is -0.249. The molecule has 0 aliphatic carbocycles. The number of ether oxygens (including phenoxy) is 1. The van der Waals surface area contributed by atoms with Crippen molar-refractivity contribution in [1.29, 1.82) is 5.26 Å². The fourth-order valence-electron chi connectivity index (χ4n) is 1.31. The van der Waals surface area contributed by atoms with E-state index in [0.717, 1.165) is 5.69 Å². The first-order valence-electron chi connectivity index (χ1n) is 4.73. The first-order valence-corrected chi connectivity index (χ1v) is 4.73. The van der Waals surface area contributed by atoms with Gasteiger partial charge in [0.1, 0.15) is 11.6 Å². The lowest BCUT2D eigenvalue weighted by atomic mass is 10.2. The van der Waals surface area contributed by atoms with Crippen LogP contribution in [-0.2, 0) is 11.3 Å². The van der Waals surface area contributed by atoms with Crippen LogP contribution >= 0.6 is 0 Å². The number of hydrogen-bond acceptors (Lipinski definition) is 3. The molecule has 1 unspecified atom stereocenters. The molecule has 4 nitrogen and oxygen atoms in total. The zero-order valence-corrected chi connectivity index (χ0v) is 9.15. The van der Waals surface area contributed by atoms with Gasteiger partial charge < -0.3 is 9.30 Å². The second kappa shape index (κ2) is 4.76. The maximum Gasteiger partial charge on any atom is 0.268 e. The Balaban J connectivity index is 3.17. The van der Waals surface area contributed by atoms with Crippen LogP contribution in [0.4, 0.5) is 0 Å². The number of pyridine rings is 1. The molecule has 0 amide bonds. The molecule has 4 heteroatoms. The predicted molar refractivity (Wildman–Crippen MR) is 56.6 cm³/mol. The van der Waals surface area contributed by atoms with Crippen LogP contribution in [0.25, 0.3) is 0 Å². The largest absolute Gasteiger partial charge is 0.380 e. The molecule has 1 heterocycles. The quantitative estimate of drug-likeness (QED) is 0.743. The van der Waals surface area contributed by atoms with E-state index in [9.17, 15) is 4.79 Å². The fraction of sp³-hybridized carbons (Fsp3) is 0.455. The summed E-state index contributed by atoms with van der Waals surface area (Å²) in [6, 6.07) is 5.19. The van der Waals surface area contributed by atoms with Crippen LogP contribution in [0.15, 0.2) is 16.9 Å². The van der Waals surface area contributed by atoms with E-state index in [-0.39, 0.29) is 17.2 Å². The smallest absolute Gasteiger partial charge is 0.268 e. The molecular weight excluding hydrogens is 192 g/mol. The number of hydrogen-bond donors (Lipinski definition) is 0. The Morgan fingerprint density at radius 3 is 2.80 bits per heavy atom. The SMILES string of the molecule is COC(C)Cn1c(C)ccc(C#N)c1=O. The van der Waals surface area contributed by atoms with Gasteiger partial charge in [0.25, 0.3) is 5.56 Å². The first kappa shape index (κ1) is 11.5. The lowest BCUT2D eigenvalue weighted by molar-refractivity contribution is 0.102. The van der Waals surface area contributed by atoms with Gasteiger partial charge in [0.15, 0.2) is 0 Å². The molecule has 1 atom stereocenters. The molecule has 1 aromatic rings. The predicted octanol–water partition coefficient (Wildman–Crippen LogP) is 1.06. The van der Waals surface area contributed by atoms with Gasteiger partial charge in [0, 0.05) is 12.8 Å². The Morgan fingerprint density at radius 2 is 2.27 bits per heavy atom. The highest BCUT2D eigenvalue weighted by atomic mass is 16.5. The molecule has 0 bridgehead atoms. The molecule has 0 aromatic carbocycles. The monoisotopic (exact) mass is 206 g/mol. The van der Waals surface area contributed by atoms with Gasteiger partial charge in [-0.25, -0.2) is 0 Å². The van der Waals surface area contributed by atoms with Gasteiger partial charge in [-0.3, -0.25) is 4.79 Å². The summed E-state index contributed by atoms with van der Waals surface area (Å²) in [5.74, 6) is 0. The van der Waals surface area contributed by atoms with Gasteiger partial charge in [-0.1, -0.05) is 0 Å². The summed E-state index contributed by atoms with van der Waals surface area (Å²) in [6.07, 6.45) is -0.0460. The summed E-state index contributed by atoms with van der Waals surface area (Å²) in [6.45, 7) is 4.19. The lowest BCUT2D eigenvalue weighted by Crippen LogP contribution is -2.29. The summed E-state index contributed by atoms with van der Waals surface area (Å²) < 4.78 is 6.66. The van der Waals surface area contributed by atoms with Crippen LogP contribution in [0.3, 0.4) is 0 Å². The number of nitriles is 1. The zero-order chi connectivity index (χ0) is 11.4. The molecular formula is C11H14N2O2. The standard InChI is InChI=1S/C11H14N2O2/c1-8-4-5-10(6-12)11(14)13(8)7-9(2)15-3/h4-5,9H,7H2,1-3H3. The maximum absolute atomic E-state index is 11.8. The maximum atomic E-state index is 11.8. The molecule has 0 spiro atoms. The molecule has 1 rings (SSSR count). The average Bonchev–Trinajstić information content (AvgIpc) is 2.24. The van der Waals surface area contributed by atoms with E-state index in [1.54, 1.807) is 23.8 Å². The molecule has 0 radical (unpaired) electrons. The van der Waals surface area contributed by atoms with Crippen LogP contribution < -0.4 is 5.56 Å². The molecule has 0 fully saturated rings. The van der Waals surface area contributed by atoms with Crippen LogP contribution in [0, 0.1) is 18.3 Å². The number of rotatable bonds is 3. The van der Waals surface area contributed by atoms with Crippen molar-refractivity contribution in [2.75, 3.05) is 7.11 Å². The third kappa shape index (κ3) is 2.45. The van der Waals surface area contributed by atoms with Crippen LogP contribution in [0.2, 0.25) is 0 Å². The molecule has 15 heavy (non-hydrogen) atoms. The molecule has 1 aromatic heterocycles. The summed E-state index contributed by atoms with van der Waals surface area (Å²) >= 11 is 0. The molecule has 0 saturated heterocycles. The number of aromatic nitrogens is 1. The van der Waals surface area contributed by atoms with E-state index in [2.05, 4.69) is 0 Å². The Kier molecular flexibility index (Phi) is 3.64. The van der Waals surface area contributed by atoms with Crippen LogP contribution in [0.1, 0.15) is 18.2 Å². The number of methoxy groups -OCH3 is 1. The van der Waals surface area contributed by atoms with Crippen LogP contribution in [-0.4, -0.2) is 17.8 Å². The van der Waals surface area contributed by atoms with Crippen molar-refractivity contribution in [1.82, 2.24) is 4.57 Å². The average molecular weight is 206 g/mol. The van der Waals surface area contributed by atoms with Gasteiger partial charge in [-0.15, -0.1) is 0 Å².